The summed E-state index contributed by atoms with van der Waals surface area (Å²) in [5.41, 5.74) is 3.98. The maximum Gasteiger partial charge on any atom is 0.139 e. The molecule has 0 saturated heterocycles. The van der Waals surface area contributed by atoms with Crippen molar-refractivity contribution in [3.8, 4) is 11.3 Å². The van der Waals surface area contributed by atoms with Crippen molar-refractivity contribution < 1.29 is 9.50 Å². The molecule has 0 saturated carbocycles. The van der Waals surface area contributed by atoms with Crippen molar-refractivity contribution in [3.63, 3.8) is 0 Å². The Morgan fingerprint density at radius 2 is 1.89 bits per heavy atom. The maximum absolute atomic E-state index is 13.6. The van der Waals surface area contributed by atoms with Crippen molar-refractivity contribution in [1.29, 1.82) is 5.41 Å². The molecule has 0 atom stereocenters. The molecule has 0 fully saturated rings. The Morgan fingerprint density at radius 1 is 1.15 bits per heavy atom. The lowest BCUT2D eigenvalue weighted by atomic mass is 10.1. The number of rotatable bonds is 3. The zero-order valence-electron chi connectivity index (χ0n) is 15.0. The van der Waals surface area contributed by atoms with Gasteiger partial charge in [0, 0.05) is 16.1 Å². The van der Waals surface area contributed by atoms with Gasteiger partial charge in [0.1, 0.15) is 22.4 Å². The predicted molar refractivity (Wildman–Crippen MR) is 108 cm³/mol. The lowest BCUT2D eigenvalue weighted by Gasteiger charge is -2.18. The van der Waals surface area contributed by atoms with Gasteiger partial charge in [0.05, 0.1) is 17.8 Å². The number of nitrogens with one attached hydrogen (secondary N) is 1. The molecule has 0 amide bonds. The van der Waals surface area contributed by atoms with Crippen molar-refractivity contribution in [2.75, 3.05) is 11.4 Å². The topological polar surface area (TPSA) is 60.2 Å². The van der Waals surface area contributed by atoms with E-state index in [1.54, 1.807) is 17.0 Å². The van der Waals surface area contributed by atoms with E-state index in [-0.39, 0.29) is 24.0 Å². The molecule has 4 rings (SSSR count). The Bertz CT molecular complexity index is 1070. The number of hydrogen-bond donors (Lipinski definition) is 2. The van der Waals surface area contributed by atoms with Gasteiger partial charge in [-0.05, 0) is 32.0 Å². The van der Waals surface area contributed by atoms with Crippen LogP contribution in [0.1, 0.15) is 15.4 Å². The fourth-order valence-electron chi connectivity index (χ4n) is 3.15. The van der Waals surface area contributed by atoms with Crippen LogP contribution >= 0.6 is 11.3 Å². The van der Waals surface area contributed by atoms with E-state index in [1.165, 1.54) is 29.0 Å². The molecule has 1 aliphatic rings. The molecule has 1 aromatic heterocycles. The SMILES string of the molecule is Cc1ccc(-c2nc(C3=C(O)CN(c4cccc(F)c4)C3=N)sc2C)cc1. The number of halogens is 1. The Balaban J connectivity index is 1.69. The number of thiazole rings is 1. The van der Waals surface area contributed by atoms with Crippen molar-refractivity contribution in [3.05, 3.63) is 75.6 Å². The smallest absolute Gasteiger partial charge is 0.139 e. The number of aliphatic hydroxyl groups is 1. The van der Waals surface area contributed by atoms with Gasteiger partial charge in [-0.1, -0.05) is 35.9 Å². The van der Waals surface area contributed by atoms with Crippen LogP contribution in [-0.2, 0) is 0 Å². The summed E-state index contributed by atoms with van der Waals surface area (Å²) in [4.78, 5) is 7.30. The highest BCUT2D eigenvalue weighted by atomic mass is 32.1. The van der Waals surface area contributed by atoms with Gasteiger partial charge in [-0.2, -0.15) is 0 Å². The third kappa shape index (κ3) is 3.13. The molecule has 0 radical (unpaired) electrons. The van der Waals surface area contributed by atoms with Crippen LogP contribution in [0.2, 0.25) is 0 Å². The highest BCUT2D eigenvalue weighted by Crippen LogP contribution is 2.36. The van der Waals surface area contributed by atoms with E-state index in [2.05, 4.69) is 0 Å². The minimum Gasteiger partial charge on any atom is -0.510 e. The van der Waals surface area contributed by atoms with Crippen LogP contribution in [0.3, 0.4) is 0 Å². The van der Waals surface area contributed by atoms with Gasteiger partial charge in [0.15, 0.2) is 0 Å². The second-order valence-electron chi connectivity index (χ2n) is 6.53. The number of aliphatic hydroxyl groups excluding tert-OH is 1. The molecule has 3 aromatic rings. The van der Waals surface area contributed by atoms with E-state index in [4.69, 9.17) is 10.4 Å². The average Bonchev–Trinajstić information content (AvgIpc) is 3.15. The minimum absolute atomic E-state index is 0.0773. The van der Waals surface area contributed by atoms with Gasteiger partial charge >= 0.3 is 0 Å². The molecule has 2 N–H and O–H groups in total. The van der Waals surface area contributed by atoms with E-state index < -0.39 is 0 Å². The number of amidine groups is 1. The first-order chi connectivity index (χ1) is 12.9. The fraction of sp³-hybridized carbons (Fsp3) is 0.143. The molecule has 0 spiro atoms. The summed E-state index contributed by atoms with van der Waals surface area (Å²) < 4.78 is 13.6. The van der Waals surface area contributed by atoms with Crippen LogP contribution < -0.4 is 4.90 Å². The average molecular weight is 379 g/mol. The molecule has 6 heteroatoms. The summed E-state index contributed by atoms with van der Waals surface area (Å²) in [5.74, 6) is -0.171. The van der Waals surface area contributed by atoms with Crippen molar-refractivity contribution in [2.45, 2.75) is 13.8 Å². The first kappa shape index (κ1) is 17.4. The molecular formula is C21H18FN3OS. The third-order valence-electron chi connectivity index (χ3n) is 4.56. The second-order valence-corrected chi connectivity index (χ2v) is 7.73. The van der Waals surface area contributed by atoms with Crippen LogP contribution in [0, 0.1) is 25.1 Å². The van der Waals surface area contributed by atoms with Crippen molar-refractivity contribution in [2.24, 2.45) is 0 Å². The molecular weight excluding hydrogens is 361 g/mol. The number of benzene rings is 2. The van der Waals surface area contributed by atoms with Crippen LogP contribution in [0.4, 0.5) is 10.1 Å². The van der Waals surface area contributed by atoms with E-state index in [1.807, 2.05) is 38.1 Å². The lowest BCUT2D eigenvalue weighted by molar-refractivity contribution is 0.411. The van der Waals surface area contributed by atoms with E-state index in [0.717, 1.165) is 16.1 Å². The molecule has 0 aliphatic carbocycles. The molecule has 0 bridgehead atoms. The van der Waals surface area contributed by atoms with Gasteiger partial charge in [0.25, 0.3) is 0 Å². The molecule has 27 heavy (non-hydrogen) atoms. The second kappa shape index (κ2) is 6.63. The Morgan fingerprint density at radius 3 is 2.59 bits per heavy atom. The summed E-state index contributed by atoms with van der Waals surface area (Å²) in [6.07, 6.45) is 0. The monoisotopic (exact) mass is 379 g/mol. The van der Waals surface area contributed by atoms with Crippen molar-refractivity contribution in [1.82, 2.24) is 4.98 Å². The van der Waals surface area contributed by atoms with Crippen LogP contribution in [0.15, 0.2) is 54.3 Å². The summed E-state index contributed by atoms with van der Waals surface area (Å²) in [7, 11) is 0. The van der Waals surface area contributed by atoms with Crippen LogP contribution in [-0.4, -0.2) is 22.5 Å². The zero-order chi connectivity index (χ0) is 19.1. The first-order valence-corrected chi connectivity index (χ1v) is 9.34. The van der Waals surface area contributed by atoms with Crippen LogP contribution in [0.25, 0.3) is 16.8 Å². The quantitative estimate of drug-likeness (QED) is 0.646. The predicted octanol–water partition coefficient (Wildman–Crippen LogP) is 5.33. The van der Waals surface area contributed by atoms with E-state index in [9.17, 15) is 9.50 Å². The molecule has 0 unspecified atom stereocenters. The summed E-state index contributed by atoms with van der Waals surface area (Å²) >= 11 is 1.45. The Labute approximate surface area is 160 Å². The van der Waals surface area contributed by atoms with E-state index >= 15 is 0 Å². The molecule has 2 aromatic carbocycles. The number of nitrogens with zero attached hydrogens (tertiary/aromatic N) is 2. The van der Waals surface area contributed by atoms with Crippen LogP contribution in [0.5, 0.6) is 0 Å². The van der Waals surface area contributed by atoms with Gasteiger partial charge < -0.3 is 10.0 Å². The summed E-state index contributed by atoms with van der Waals surface area (Å²) in [6, 6.07) is 14.1. The standard InChI is InChI=1S/C21H18FN3OS/c1-12-6-8-14(9-7-12)19-13(2)27-21(24-19)18-17(26)11-25(20(18)23)16-5-3-4-15(22)10-16/h3-10,23,26H,11H2,1-2H3. The maximum atomic E-state index is 13.6. The number of anilines is 1. The highest BCUT2D eigenvalue weighted by Gasteiger charge is 2.32. The molecule has 1 aliphatic heterocycles. The first-order valence-electron chi connectivity index (χ1n) is 8.53. The normalized spacial score (nSPS) is 14.3. The van der Waals surface area contributed by atoms with Gasteiger partial charge in [-0.15, -0.1) is 11.3 Å². The number of aromatic nitrogens is 1. The molecule has 136 valence electrons. The highest BCUT2D eigenvalue weighted by molar-refractivity contribution is 7.13. The van der Waals surface area contributed by atoms with Gasteiger partial charge in [0.2, 0.25) is 0 Å². The summed E-state index contributed by atoms with van der Waals surface area (Å²) in [6.45, 7) is 4.15. The number of aryl methyl sites for hydroxylation is 2. The molecule has 2 heterocycles. The third-order valence-corrected chi connectivity index (χ3v) is 5.55. The van der Waals surface area contributed by atoms with Crippen molar-refractivity contribution >= 4 is 28.4 Å². The zero-order valence-corrected chi connectivity index (χ0v) is 15.8. The Hall–Kier alpha value is -2.99. The van der Waals surface area contributed by atoms with Gasteiger partial charge in [-0.3, -0.25) is 5.41 Å². The lowest BCUT2D eigenvalue weighted by Crippen LogP contribution is -2.26. The van der Waals surface area contributed by atoms with E-state index in [0.29, 0.717) is 16.3 Å². The minimum atomic E-state index is -0.375. The Kier molecular flexibility index (Phi) is 4.28. The molecule has 4 nitrogen and oxygen atoms in total. The number of hydrogen-bond acceptors (Lipinski definition) is 4. The van der Waals surface area contributed by atoms with Gasteiger partial charge in [-0.25, -0.2) is 9.37 Å². The largest absolute Gasteiger partial charge is 0.510 e. The summed E-state index contributed by atoms with van der Waals surface area (Å²) in [5, 5.41) is 19.6. The fourth-order valence-corrected chi connectivity index (χ4v) is 4.15.